The van der Waals surface area contributed by atoms with Gasteiger partial charge in [0.1, 0.15) is 12.7 Å². The van der Waals surface area contributed by atoms with Gasteiger partial charge >= 0.3 is 0 Å². The summed E-state index contributed by atoms with van der Waals surface area (Å²) >= 11 is 0. The molecule has 0 radical (unpaired) electrons. The number of amides is 1. The molecule has 2 aromatic carbocycles. The second-order valence-corrected chi connectivity index (χ2v) is 8.15. The van der Waals surface area contributed by atoms with Gasteiger partial charge in [-0.05, 0) is 35.4 Å². The third-order valence-corrected chi connectivity index (χ3v) is 4.50. The Hall–Kier alpha value is -3.00. The van der Waals surface area contributed by atoms with E-state index < -0.39 is 9.84 Å². The van der Waals surface area contributed by atoms with Crippen molar-refractivity contribution in [1.29, 1.82) is 0 Å². The van der Waals surface area contributed by atoms with E-state index >= 15 is 0 Å². The second kappa shape index (κ2) is 7.49. The molecule has 3 rings (SSSR count). The Kier molecular flexibility index (Phi) is 5.13. The summed E-state index contributed by atoms with van der Waals surface area (Å²) in [4.78, 5) is 16.3. The van der Waals surface area contributed by atoms with E-state index in [9.17, 15) is 13.2 Å². The van der Waals surface area contributed by atoms with E-state index in [0.717, 1.165) is 5.56 Å². The lowest BCUT2D eigenvalue weighted by Gasteiger charge is -2.08. The van der Waals surface area contributed by atoms with Crippen molar-refractivity contribution in [3.05, 3.63) is 77.9 Å². The molecule has 1 heterocycles. The lowest BCUT2D eigenvalue weighted by molar-refractivity contribution is 0.102. The van der Waals surface area contributed by atoms with Crippen molar-refractivity contribution in [2.45, 2.75) is 12.3 Å². The van der Waals surface area contributed by atoms with Crippen LogP contribution in [0.2, 0.25) is 0 Å². The number of nitrogens with zero attached hydrogens (tertiary/aromatic N) is 3. The van der Waals surface area contributed by atoms with Crippen LogP contribution >= 0.6 is 0 Å². The molecular formula is C18H18N4O3S. The number of rotatable bonds is 6. The second-order valence-electron chi connectivity index (χ2n) is 6.01. The summed E-state index contributed by atoms with van der Waals surface area (Å²) < 4.78 is 24.5. The van der Waals surface area contributed by atoms with Gasteiger partial charge in [-0.15, -0.1) is 0 Å². The lowest BCUT2D eigenvalue weighted by Crippen LogP contribution is -2.12. The molecule has 7 nitrogen and oxygen atoms in total. The summed E-state index contributed by atoms with van der Waals surface area (Å²) in [6.45, 7) is 0.599. The van der Waals surface area contributed by atoms with Crippen LogP contribution in [-0.2, 0) is 22.1 Å². The van der Waals surface area contributed by atoms with Crippen molar-refractivity contribution in [3.63, 3.8) is 0 Å². The minimum atomic E-state index is -3.15. The fourth-order valence-corrected chi connectivity index (χ4v) is 3.29. The number of benzene rings is 2. The number of nitrogens with one attached hydrogen (secondary N) is 1. The molecule has 0 aliphatic heterocycles. The molecule has 0 fully saturated rings. The maximum atomic E-state index is 12.4. The molecular weight excluding hydrogens is 352 g/mol. The highest BCUT2D eigenvalue weighted by Crippen LogP contribution is 2.14. The fraction of sp³-hybridized carbons (Fsp3) is 0.167. The van der Waals surface area contributed by atoms with Crippen LogP contribution in [0.4, 0.5) is 5.69 Å². The van der Waals surface area contributed by atoms with Crippen molar-refractivity contribution in [2.75, 3.05) is 11.6 Å². The van der Waals surface area contributed by atoms with Crippen molar-refractivity contribution in [2.24, 2.45) is 0 Å². The number of anilines is 1. The zero-order valence-corrected chi connectivity index (χ0v) is 15.0. The predicted octanol–water partition coefficient (Wildman–Crippen LogP) is 2.12. The smallest absolute Gasteiger partial charge is 0.255 e. The van der Waals surface area contributed by atoms with Crippen molar-refractivity contribution in [1.82, 2.24) is 14.8 Å². The molecule has 134 valence electrons. The molecule has 8 heteroatoms. The highest BCUT2D eigenvalue weighted by Gasteiger charge is 2.10. The van der Waals surface area contributed by atoms with E-state index in [2.05, 4.69) is 15.4 Å². The number of carbonyl (C=O) groups is 1. The van der Waals surface area contributed by atoms with Gasteiger partial charge in [0.2, 0.25) is 0 Å². The Bertz CT molecular complexity index is 997. The quantitative estimate of drug-likeness (QED) is 0.717. The van der Waals surface area contributed by atoms with E-state index in [0.29, 0.717) is 23.4 Å². The third-order valence-electron chi connectivity index (χ3n) is 3.64. The minimum absolute atomic E-state index is 0.0922. The molecule has 0 saturated carbocycles. The molecule has 0 unspecified atom stereocenters. The molecule has 0 bridgehead atoms. The highest BCUT2D eigenvalue weighted by molar-refractivity contribution is 7.89. The third kappa shape index (κ3) is 5.00. The van der Waals surface area contributed by atoms with E-state index in [4.69, 9.17) is 0 Å². The molecule has 0 aliphatic carbocycles. The molecule has 3 aromatic rings. The van der Waals surface area contributed by atoms with Gasteiger partial charge in [-0.1, -0.05) is 24.3 Å². The molecule has 26 heavy (non-hydrogen) atoms. The highest BCUT2D eigenvalue weighted by atomic mass is 32.2. The van der Waals surface area contributed by atoms with Crippen LogP contribution in [0.25, 0.3) is 0 Å². The van der Waals surface area contributed by atoms with Crippen LogP contribution < -0.4 is 5.32 Å². The zero-order valence-electron chi connectivity index (χ0n) is 14.2. The van der Waals surface area contributed by atoms with Gasteiger partial charge < -0.3 is 5.32 Å². The van der Waals surface area contributed by atoms with Crippen LogP contribution in [-0.4, -0.2) is 35.3 Å². The van der Waals surface area contributed by atoms with E-state index in [1.807, 2.05) is 24.3 Å². The Labute approximate surface area is 151 Å². The van der Waals surface area contributed by atoms with Gasteiger partial charge in [0, 0.05) is 17.5 Å². The van der Waals surface area contributed by atoms with Gasteiger partial charge in [0.15, 0.2) is 9.84 Å². The average Bonchev–Trinajstić information content (AvgIpc) is 3.08. The van der Waals surface area contributed by atoms with Gasteiger partial charge in [-0.3, -0.25) is 4.79 Å². The first kappa shape index (κ1) is 17.8. The summed E-state index contributed by atoms with van der Waals surface area (Å²) in [5.41, 5.74) is 2.69. The minimum Gasteiger partial charge on any atom is -0.322 e. The van der Waals surface area contributed by atoms with Crippen LogP contribution in [0.5, 0.6) is 0 Å². The summed E-state index contributed by atoms with van der Waals surface area (Å²) in [5, 5.41) is 6.86. The molecule has 1 N–H and O–H groups in total. The largest absolute Gasteiger partial charge is 0.322 e. The standard InChI is InChI=1S/C18H18N4O3S/c1-26(24,25)11-15-3-2-4-16(9-15)18(23)21-17-7-5-14(6-8-17)10-22-13-19-12-20-22/h2-9,12-13H,10-11H2,1H3,(H,21,23). The van der Waals surface area contributed by atoms with Gasteiger partial charge in [-0.2, -0.15) is 5.10 Å². The number of carbonyl (C=O) groups excluding carboxylic acids is 1. The number of sulfone groups is 1. The first-order valence-electron chi connectivity index (χ1n) is 7.88. The monoisotopic (exact) mass is 370 g/mol. The summed E-state index contributed by atoms with van der Waals surface area (Å²) in [6, 6.07) is 14.0. The fourth-order valence-electron chi connectivity index (χ4n) is 2.50. The van der Waals surface area contributed by atoms with Crippen LogP contribution in [0, 0.1) is 0 Å². The molecule has 1 aromatic heterocycles. The maximum absolute atomic E-state index is 12.4. The predicted molar refractivity (Wildman–Crippen MR) is 98.5 cm³/mol. The van der Waals surface area contributed by atoms with Gasteiger partial charge in [0.05, 0.1) is 12.3 Å². The molecule has 0 atom stereocenters. The van der Waals surface area contributed by atoms with Crippen LogP contribution in [0.15, 0.2) is 61.2 Å². The Morgan fingerprint density at radius 3 is 2.54 bits per heavy atom. The molecule has 0 saturated heterocycles. The number of aromatic nitrogens is 3. The van der Waals surface area contributed by atoms with Crippen molar-refractivity contribution in [3.8, 4) is 0 Å². The summed E-state index contributed by atoms with van der Waals surface area (Å²) in [7, 11) is -3.15. The molecule has 0 aliphatic rings. The lowest BCUT2D eigenvalue weighted by atomic mass is 10.1. The van der Waals surface area contributed by atoms with E-state index in [1.54, 1.807) is 35.3 Å². The van der Waals surface area contributed by atoms with Gasteiger partial charge in [0.25, 0.3) is 5.91 Å². The summed E-state index contributed by atoms with van der Waals surface area (Å²) in [5.74, 6) is -0.380. The summed E-state index contributed by atoms with van der Waals surface area (Å²) in [6.07, 6.45) is 4.28. The first-order chi connectivity index (χ1) is 12.4. The van der Waals surface area contributed by atoms with Gasteiger partial charge in [-0.25, -0.2) is 18.1 Å². The van der Waals surface area contributed by atoms with E-state index in [1.165, 1.54) is 12.6 Å². The normalized spacial score (nSPS) is 11.3. The van der Waals surface area contributed by atoms with E-state index in [-0.39, 0.29) is 11.7 Å². The van der Waals surface area contributed by atoms with Crippen LogP contribution in [0.3, 0.4) is 0 Å². The Morgan fingerprint density at radius 2 is 1.88 bits per heavy atom. The zero-order chi connectivity index (χ0) is 18.6. The van der Waals surface area contributed by atoms with Crippen molar-refractivity contribution >= 4 is 21.4 Å². The number of hydrogen-bond donors (Lipinski definition) is 1. The Morgan fingerprint density at radius 1 is 1.12 bits per heavy atom. The molecule has 1 amide bonds. The maximum Gasteiger partial charge on any atom is 0.255 e. The molecule has 0 spiro atoms. The SMILES string of the molecule is CS(=O)(=O)Cc1cccc(C(=O)Nc2ccc(Cn3cncn3)cc2)c1. The van der Waals surface area contributed by atoms with Crippen LogP contribution in [0.1, 0.15) is 21.5 Å². The first-order valence-corrected chi connectivity index (χ1v) is 9.94. The van der Waals surface area contributed by atoms with Crippen molar-refractivity contribution < 1.29 is 13.2 Å². The average molecular weight is 370 g/mol. The Balaban J connectivity index is 1.67. The number of hydrogen-bond acceptors (Lipinski definition) is 5. The topological polar surface area (TPSA) is 94.0 Å².